The average molecular weight is 189 g/mol. The minimum Gasteiger partial charge on any atom is -0.222 e. The van der Waals surface area contributed by atoms with Crippen LogP contribution in [0, 0.1) is 0 Å². The van der Waals surface area contributed by atoms with Gasteiger partial charge >= 0.3 is 0 Å². The van der Waals surface area contributed by atoms with Crippen LogP contribution in [0.3, 0.4) is 0 Å². The van der Waals surface area contributed by atoms with Crippen molar-refractivity contribution in [1.82, 2.24) is 14.2 Å². The van der Waals surface area contributed by atoms with Crippen molar-refractivity contribution in [2.24, 2.45) is 0 Å². The first-order valence-corrected chi connectivity index (χ1v) is 5.35. The van der Waals surface area contributed by atoms with E-state index in [4.69, 9.17) is 0 Å². The molecular formula is C6H11N3O2S. The zero-order valence-electron chi connectivity index (χ0n) is 6.84. The monoisotopic (exact) mass is 189 g/mol. The molecule has 1 heterocycles. The molecule has 0 saturated carbocycles. The average Bonchev–Trinajstić information content (AvgIpc) is 2.53. The third-order valence-electron chi connectivity index (χ3n) is 1.44. The summed E-state index contributed by atoms with van der Waals surface area (Å²) in [6.45, 7) is 1.94. The second-order valence-corrected chi connectivity index (χ2v) is 4.38. The highest BCUT2D eigenvalue weighted by atomic mass is 32.2. The van der Waals surface area contributed by atoms with Crippen LogP contribution in [-0.2, 0) is 10.0 Å². The van der Waals surface area contributed by atoms with Crippen LogP contribution in [0.25, 0.3) is 0 Å². The molecule has 5 nitrogen and oxygen atoms in total. The summed E-state index contributed by atoms with van der Waals surface area (Å²) in [5, 5.41) is 3.56. The predicted octanol–water partition coefficient (Wildman–Crippen LogP) is 0.256. The van der Waals surface area contributed by atoms with Gasteiger partial charge in [0.2, 0.25) is 0 Å². The summed E-state index contributed by atoms with van der Waals surface area (Å²) < 4.78 is 23.5. The lowest BCUT2D eigenvalue weighted by atomic mass is 10.4. The van der Waals surface area contributed by atoms with Crippen molar-refractivity contribution in [3.63, 3.8) is 0 Å². The standard InChI is InChI=1S/C6H11N3O2S/c1-2-3-4-12(10,11)9-6-7-5-8-9/h5-6H,2-4H2,1H3. The summed E-state index contributed by atoms with van der Waals surface area (Å²) in [5.41, 5.74) is 0. The summed E-state index contributed by atoms with van der Waals surface area (Å²) in [6.07, 6.45) is 3.92. The Hall–Kier alpha value is -0.910. The summed E-state index contributed by atoms with van der Waals surface area (Å²) in [5.74, 6) is 0.132. The highest BCUT2D eigenvalue weighted by Crippen LogP contribution is 1.98. The van der Waals surface area contributed by atoms with Crippen molar-refractivity contribution in [3.05, 3.63) is 12.7 Å². The molecule has 68 valence electrons. The fourth-order valence-electron chi connectivity index (χ4n) is 0.761. The molecule has 0 aliphatic heterocycles. The van der Waals surface area contributed by atoms with Crippen LogP contribution in [-0.4, -0.2) is 28.3 Å². The Morgan fingerprint density at radius 1 is 1.50 bits per heavy atom. The van der Waals surface area contributed by atoms with Crippen molar-refractivity contribution in [3.8, 4) is 0 Å². The van der Waals surface area contributed by atoms with Gasteiger partial charge in [0.05, 0.1) is 5.75 Å². The van der Waals surface area contributed by atoms with E-state index >= 15 is 0 Å². The van der Waals surface area contributed by atoms with E-state index in [0.717, 1.165) is 10.5 Å². The van der Waals surface area contributed by atoms with Gasteiger partial charge in [-0.25, -0.2) is 13.4 Å². The first-order valence-electron chi connectivity index (χ1n) is 3.74. The number of rotatable bonds is 4. The molecule has 6 heteroatoms. The number of unbranched alkanes of at least 4 members (excludes halogenated alkanes) is 1. The summed E-state index contributed by atoms with van der Waals surface area (Å²) >= 11 is 0. The minimum atomic E-state index is -3.24. The van der Waals surface area contributed by atoms with E-state index in [1.54, 1.807) is 0 Å². The van der Waals surface area contributed by atoms with Crippen LogP contribution in [0.2, 0.25) is 0 Å². The van der Waals surface area contributed by atoms with Gasteiger partial charge in [0, 0.05) is 0 Å². The van der Waals surface area contributed by atoms with Gasteiger partial charge in [0.25, 0.3) is 10.0 Å². The molecule has 0 atom stereocenters. The number of aromatic nitrogens is 3. The molecule has 12 heavy (non-hydrogen) atoms. The minimum absolute atomic E-state index is 0.132. The summed E-state index contributed by atoms with van der Waals surface area (Å²) in [6, 6.07) is 0. The first-order chi connectivity index (χ1) is 5.67. The molecule has 0 bridgehead atoms. The molecule has 0 N–H and O–H groups in total. The SMILES string of the molecule is CCCCS(=O)(=O)n1cncn1. The Labute approximate surface area is 71.5 Å². The highest BCUT2D eigenvalue weighted by molar-refractivity contribution is 7.89. The number of hydrogen-bond acceptors (Lipinski definition) is 4. The van der Waals surface area contributed by atoms with E-state index < -0.39 is 10.0 Å². The molecule has 1 aromatic heterocycles. The number of nitrogens with zero attached hydrogens (tertiary/aromatic N) is 3. The van der Waals surface area contributed by atoms with Crippen molar-refractivity contribution < 1.29 is 8.42 Å². The number of hydrogen-bond donors (Lipinski definition) is 0. The van der Waals surface area contributed by atoms with E-state index in [0.29, 0.717) is 6.42 Å². The molecule has 0 fully saturated rings. The van der Waals surface area contributed by atoms with Gasteiger partial charge < -0.3 is 0 Å². The molecule has 1 rings (SSSR count). The lowest BCUT2D eigenvalue weighted by molar-refractivity contribution is 0.576. The van der Waals surface area contributed by atoms with Gasteiger partial charge in [-0.1, -0.05) is 13.3 Å². The molecule has 1 aromatic rings. The first kappa shape index (κ1) is 9.18. The second kappa shape index (κ2) is 3.66. The molecular weight excluding hydrogens is 178 g/mol. The van der Waals surface area contributed by atoms with E-state index in [-0.39, 0.29) is 5.75 Å². The Morgan fingerprint density at radius 2 is 2.25 bits per heavy atom. The Balaban J connectivity index is 2.74. The molecule has 0 aliphatic rings. The third kappa shape index (κ3) is 2.04. The highest BCUT2D eigenvalue weighted by Gasteiger charge is 2.11. The maximum atomic E-state index is 11.3. The van der Waals surface area contributed by atoms with Crippen LogP contribution in [0.5, 0.6) is 0 Å². The molecule has 0 spiro atoms. The normalized spacial score (nSPS) is 11.8. The topological polar surface area (TPSA) is 64.8 Å². The van der Waals surface area contributed by atoms with Gasteiger partial charge in [0.1, 0.15) is 12.7 Å². The summed E-state index contributed by atoms with van der Waals surface area (Å²) in [7, 11) is -3.24. The van der Waals surface area contributed by atoms with Crippen molar-refractivity contribution in [2.45, 2.75) is 19.8 Å². The predicted molar refractivity (Wildman–Crippen MR) is 44.1 cm³/mol. The van der Waals surface area contributed by atoms with E-state index in [9.17, 15) is 8.42 Å². The van der Waals surface area contributed by atoms with Gasteiger partial charge in [0.15, 0.2) is 0 Å². The summed E-state index contributed by atoms with van der Waals surface area (Å²) in [4.78, 5) is 3.57. The molecule has 0 unspecified atom stereocenters. The largest absolute Gasteiger partial charge is 0.255 e. The van der Waals surface area contributed by atoms with Crippen LogP contribution in [0.4, 0.5) is 0 Å². The van der Waals surface area contributed by atoms with E-state index in [2.05, 4.69) is 10.1 Å². The van der Waals surface area contributed by atoms with Crippen LogP contribution >= 0.6 is 0 Å². The van der Waals surface area contributed by atoms with Gasteiger partial charge in [-0.2, -0.15) is 0 Å². The molecule has 0 saturated heterocycles. The Kier molecular flexibility index (Phi) is 2.80. The zero-order valence-corrected chi connectivity index (χ0v) is 7.66. The Bertz CT molecular complexity index is 317. The molecule has 0 aromatic carbocycles. The lowest BCUT2D eigenvalue weighted by Crippen LogP contribution is -2.16. The van der Waals surface area contributed by atoms with Crippen LogP contribution in [0.15, 0.2) is 12.7 Å². The van der Waals surface area contributed by atoms with E-state index in [1.807, 2.05) is 6.92 Å². The smallest absolute Gasteiger partial charge is 0.222 e. The molecule has 0 radical (unpaired) electrons. The second-order valence-electron chi connectivity index (χ2n) is 2.44. The van der Waals surface area contributed by atoms with E-state index in [1.165, 1.54) is 12.7 Å². The molecule has 0 aliphatic carbocycles. The van der Waals surface area contributed by atoms with Crippen LogP contribution < -0.4 is 0 Å². The lowest BCUT2D eigenvalue weighted by Gasteiger charge is -2.00. The zero-order chi connectivity index (χ0) is 9.03. The van der Waals surface area contributed by atoms with Crippen molar-refractivity contribution >= 4 is 10.0 Å². The fraction of sp³-hybridized carbons (Fsp3) is 0.667. The van der Waals surface area contributed by atoms with Crippen molar-refractivity contribution in [2.75, 3.05) is 5.75 Å². The van der Waals surface area contributed by atoms with Crippen LogP contribution in [0.1, 0.15) is 19.8 Å². The fourth-order valence-corrected chi connectivity index (χ4v) is 1.99. The van der Waals surface area contributed by atoms with Gasteiger partial charge in [-0.15, -0.1) is 9.19 Å². The van der Waals surface area contributed by atoms with Crippen molar-refractivity contribution in [1.29, 1.82) is 0 Å². The van der Waals surface area contributed by atoms with Gasteiger partial charge in [-0.05, 0) is 6.42 Å². The molecule has 0 amide bonds. The quantitative estimate of drug-likeness (QED) is 0.681. The maximum Gasteiger partial charge on any atom is 0.255 e. The van der Waals surface area contributed by atoms with Gasteiger partial charge in [-0.3, -0.25) is 0 Å². The maximum absolute atomic E-state index is 11.3. The third-order valence-corrected chi connectivity index (χ3v) is 3.00. The Morgan fingerprint density at radius 3 is 2.75 bits per heavy atom.